The molecule has 22 heavy (non-hydrogen) atoms. The van der Waals surface area contributed by atoms with Gasteiger partial charge in [-0.1, -0.05) is 6.07 Å². The Morgan fingerprint density at radius 1 is 1.18 bits per heavy atom. The van der Waals surface area contributed by atoms with Gasteiger partial charge in [0.05, 0.1) is 17.2 Å². The first kappa shape index (κ1) is 16.6. The number of aromatic nitrogens is 2. The van der Waals surface area contributed by atoms with Gasteiger partial charge in [-0.15, -0.1) is 0 Å². The highest BCUT2D eigenvalue weighted by atomic mass is 32.2. The average molecular weight is 347 g/mol. The zero-order chi connectivity index (χ0) is 16.4. The van der Waals surface area contributed by atoms with Gasteiger partial charge < -0.3 is 0 Å². The van der Waals surface area contributed by atoms with Crippen LogP contribution in [0.5, 0.6) is 0 Å². The molecule has 7 nitrogen and oxygen atoms in total. The third-order valence-corrected chi connectivity index (χ3v) is 5.36. The molecule has 0 amide bonds. The smallest absolute Gasteiger partial charge is 0.232 e. The molecule has 2 rings (SSSR count). The third kappa shape index (κ3) is 4.12. The Kier molecular flexibility index (Phi) is 4.63. The Balaban J connectivity index is 2.28. The van der Waals surface area contributed by atoms with E-state index in [0.29, 0.717) is 5.69 Å². The van der Waals surface area contributed by atoms with E-state index in [1.807, 2.05) is 0 Å². The predicted octanol–water partition coefficient (Wildman–Crippen LogP) is 0.464. The summed E-state index contributed by atoms with van der Waals surface area (Å²) in [4.78, 5) is 3.78. The lowest BCUT2D eigenvalue weighted by molar-refractivity contribution is 0.580. The number of sulfonamides is 1. The number of halogens is 1. The number of sulfone groups is 1. The van der Waals surface area contributed by atoms with Gasteiger partial charge in [-0.2, -0.15) is 0 Å². The van der Waals surface area contributed by atoms with Gasteiger partial charge in [0.2, 0.25) is 25.0 Å². The molecule has 0 bridgehead atoms. The van der Waals surface area contributed by atoms with Crippen molar-refractivity contribution < 1.29 is 21.2 Å². The van der Waals surface area contributed by atoms with Crippen molar-refractivity contribution in [3.8, 4) is 5.69 Å². The van der Waals surface area contributed by atoms with Gasteiger partial charge in [0.1, 0.15) is 5.82 Å². The second kappa shape index (κ2) is 6.15. The molecule has 0 spiro atoms. The zero-order valence-electron chi connectivity index (χ0n) is 11.4. The number of primary sulfonamides is 1. The van der Waals surface area contributed by atoms with Crippen LogP contribution in [0.1, 0.15) is 6.42 Å². The third-order valence-electron chi connectivity index (χ3n) is 2.81. The highest BCUT2D eigenvalue weighted by Crippen LogP contribution is 2.17. The summed E-state index contributed by atoms with van der Waals surface area (Å²) in [5.41, 5.74) is 0.308. The van der Waals surface area contributed by atoms with E-state index in [4.69, 9.17) is 5.14 Å². The van der Waals surface area contributed by atoms with Crippen molar-refractivity contribution >= 4 is 19.9 Å². The van der Waals surface area contributed by atoms with E-state index in [1.165, 1.54) is 41.2 Å². The second-order valence-electron chi connectivity index (χ2n) is 4.60. The van der Waals surface area contributed by atoms with Crippen LogP contribution in [-0.4, -0.2) is 37.9 Å². The van der Waals surface area contributed by atoms with Crippen molar-refractivity contribution in [1.29, 1.82) is 0 Å². The molecule has 1 heterocycles. The second-order valence-corrected chi connectivity index (χ2v) is 8.34. The van der Waals surface area contributed by atoms with Gasteiger partial charge in [0.25, 0.3) is 0 Å². The van der Waals surface area contributed by atoms with E-state index in [2.05, 4.69) is 4.98 Å². The van der Waals surface area contributed by atoms with Gasteiger partial charge in [-0.25, -0.2) is 31.3 Å². The van der Waals surface area contributed by atoms with E-state index >= 15 is 0 Å². The zero-order valence-corrected chi connectivity index (χ0v) is 13.0. The normalized spacial score (nSPS) is 12.5. The summed E-state index contributed by atoms with van der Waals surface area (Å²) in [7, 11) is -7.55. The number of nitrogens with zero attached hydrogens (tertiary/aromatic N) is 2. The molecule has 1 aromatic carbocycles. The SMILES string of the molecule is NS(=O)(=O)CCCS(=O)(=O)c1nccn1-c1cccc(F)c1. The Hall–Kier alpha value is -1.78. The minimum Gasteiger partial charge on any atom is -0.291 e. The molecule has 0 aliphatic carbocycles. The molecule has 0 atom stereocenters. The summed E-state index contributed by atoms with van der Waals surface area (Å²) in [5.74, 6) is -1.37. The monoisotopic (exact) mass is 347 g/mol. The van der Waals surface area contributed by atoms with Gasteiger partial charge in [-0.05, 0) is 24.6 Å². The van der Waals surface area contributed by atoms with Crippen molar-refractivity contribution in [3.05, 3.63) is 42.5 Å². The minimum absolute atomic E-state index is 0.142. The molecule has 0 fully saturated rings. The lowest BCUT2D eigenvalue weighted by Crippen LogP contribution is -2.20. The van der Waals surface area contributed by atoms with Crippen LogP contribution in [0.25, 0.3) is 5.69 Å². The summed E-state index contributed by atoms with van der Waals surface area (Å²) in [6.07, 6.45) is 2.52. The molecule has 0 aliphatic heterocycles. The maximum Gasteiger partial charge on any atom is 0.232 e. The standard InChI is InChI=1S/C12H14FN3O4S2/c13-10-3-1-4-11(9-10)16-6-5-15-12(16)21(17,18)7-2-8-22(14,19)20/h1,3-6,9H,2,7-8H2,(H2,14,19,20). The fraction of sp³-hybridized carbons (Fsp3) is 0.250. The van der Waals surface area contributed by atoms with Crippen LogP contribution in [0.2, 0.25) is 0 Å². The van der Waals surface area contributed by atoms with E-state index in [-0.39, 0.29) is 11.6 Å². The maximum atomic E-state index is 13.3. The van der Waals surface area contributed by atoms with Crippen molar-refractivity contribution in [2.24, 2.45) is 5.14 Å². The number of benzene rings is 1. The van der Waals surface area contributed by atoms with Crippen molar-refractivity contribution in [2.45, 2.75) is 11.6 Å². The fourth-order valence-corrected chi connectivity index (χ4v) is 4.01. The van der Waals surface area contributed by atoms with Crippen molar-refractivity contribution in [2.75, 3.05) is 11.5 Å². The van der Waals surface area contributed by atoms with Gasteiger partial charge in [0.15, 0.2) is 0 Å². The number of hydrogen-bond donors (Lipinski definition) is 1. The Morgan fingerprint density at radius 2 is 1.91 bits per heavy atom. The Bertz CT molecular complexity index is 875. The largest absolute Gasteiger partial charge is 0.291 e. The highest BCUT2D eigenvalue weighted by molar-refractivity contribution is 7.91. The quantitative estimate of drug-likeness (QED) is 0.816. The lowest BCUT2D eigenvalue weighted by Gasteiger charge is -2.08. The van der Waals surface area contributed by atoms with Crippen LogP contribution < -0.4 is 5.14 Å². The van der Waals surface area contributed by atoms with Gasteiger partial charge in [-0.3, -0.25) is 4.57 Å². The molecule has 2 N–H and O–H groups in total. The summed E-state index contributed by atoms with van der Waals surface area (Å²) in [6, 6.07) is 5.39. The number of imidazole rings is 1. The lowest BCUT2D eigenvalue weighted by atomic mass is 10.3. The molecule has 0 saturated carbocycles. The maximum absolute atomic E-state index is 13.3. The predicted molar refractivity (Wildman–Crippen MR) is 78.2 cm³/mol. The van der Waals surface area contributed by atoms with Crippen LogP contribution in [-0.2, 0) is 19.9 Å². The summed E-state index contributed by atoms with van der Waals surface area (Å²) in [6.45, 7) is 0. The molecule has 0 unspecified atom stereocenters. The fourth-order valence-electron chi connectivity index (χ4n) is 1.88. The molecule has 120 valence electrons. The topological polar surface area (TPSA) is 112 Å². The van der Waals surface area contributed by atoms with Crippen molar-refractivity contribution in [1.82, 2.24) is 9.55 Å². The molecule has 10 heteroatoms. The van der Waals surface area contributed by atoms with Crippen LogP contribution in [0.4, 0.5) is 4.39 Å². The molecular weight excluding hydrogens is 333 g/mol. The van der Waals surface area contributed by atoms with Gasteiger partial charge >= 0.3 is 0 Å². The average Bonchev–Trinajstić information content (AvgIpc) is 2.86. The molecule has 2 aromatic rings. The van der Waals surface area contributed by atoms with Crippen molar-refractivity contribution in [3.63, 3.8) is 0 Å². The van der Waals surface area contributed by atoms with Gasteiger partial charge in [0, 0.05) is 12.4 Å². The van der Waals surface area contributed by atoms with E-state index in [9.17, 15) is 21.2 Å². The molecule has 0 saturated heterocycles. The Labute approximate surface area is 127 Å². The van der Waals surface area contributed by atoms with E-state index < -0.39 is 37.2 Å². The highest BCUT2D eigenvalue weighted by Gasteiger charge is 2.22. The molecule has 1 aromatic heterocycles. The summed E-state index contributed by atoms with van der Waals surface area (Å²) < 4.78 is 60.7. The molecule has 0 aliphatic rings. The number of hydrogen-bond acceptors (Lipinski definition) is 5. The van der Waals surface area contributed by atoms with Crippen LogP contribution in [0.15, 0.2) is 41.8 Å². The Morgan fingerprint density at radius 3 is 2.55 bits per heavy atom. The van der Waals surface area contributed by atoms with Crippen LogP contribution in [0, 0.1) is 5.82 Å². The minimum atomic E-state index is -3.82. The van der Waals surface area contributed by atoms with Crippen LogP contribution >= 0.6 is 0 Å². The van der Waals surface area contributed by atoms with E-state index in [1.54, 1.807) is 0 Å². The number of nitrogens with two attached hydrogens (primary N) is 1. The van der Waals surface area contributed by atoms with E-state index in [0.717, 1.165) is 0 Å². The number of rotatable bonds is 6. The van der Waals surface area contributed by atoms with Crippen LogP contribution in [0.3, 0.4) is 0 Å². The molecule has 0 radical (unpaired) electrons. The first-order valence-electron chi connectivity index (χ1n) is 6.21. The first-order chi connectivity index (χ1) is 10.2. The first-order valence-corrected chi connectivity index (χ1v) is 9.58. The molecular formula is C12H14FN3O4S2. The summed E-state index contributed by atoms with van der Waals surface area (Å²) in [5, 5.41) is 4.57. The summed E-state index contributed by atoms with van der Waals surface area (Å²) >= 11 is 0.